The van der Waals surface area contributed by atoms with E-state index in [0.717, 1.165) is 16.8 Å². The van der Waals surface area contributed by atoms with E-state index >= 15 is 0 Å². The maximum absolute atomic E-state index is 12.4. The van der Waals surface area contributed by atoms with Gasteiger partial charge in [-0.15, -0.1) is 0 Å². The molecule has 4 N–H and O–H groups in total. The number of carbonyl (C=O) groups excluding carboxylic acids is 1. The van der Waals surface area contributed by atoms with Crippen LogP contribution in [-0.2, 0) is 11.3 Å². The van der Waals surface area contributed by atoms with Crippen LogP contribution in [0.1, 0.15) is 18.1 Å². The molecule has 9 heteroatoms. The van der Waals surface area contributed by atoms with Crippen LogP contribution in [0.15, 0.2) is 54.9 Å². The molecule has 0 spiro atoms. The number of fused-ring (bicyclic) bond motifs is 1. The molecule has 2 aromatic carbocycles. The predicted octanol–water partition coefficient (Wildman–Crippen LogP) is 2.40. The van der Waals surface area contributed by atoms with Gasteiger partial charge in [0.15, 0.2) is 11.6 Å². The summed E-state index contributed by atoms with van der Waals surface area (Å²) in [4.78, 5) is 24.6. The number of amidine groups is 1. The highest BCUT2D eigenvalue weighted by molar-refractivity contribution is 5.98. The van der Waals surface area contributed by atoms with E-state index in [2.05, 4.69) is 15.0 Å². The number of amides is 1. The Morgan fingerprint density at radius 3 is 2.70 bits per heavy atom. The van der Waals surface area contributed by atoms with Crippen LogP contribution >= 0.6 is 0 Å². The first kappa shape index (κ1) is 19.2. The number of nitrogens with two attached hydrogens (primary N) is 1. The minimum atomic E-state index is -0.139. The van der Waals surface area contributed by atoms with Crippen LogP contribution in [-0.4, -0.2) is 38.5 Å². The normalized spacial score (nSPS) is 10.9. The van der Waals surface area contributed by atoms with Crippen LogP contribution in [0, 0.1) is 5.41 Å². The molecule has 0 atom stereocenters. The van der Waals surface area contributed by atoms with Crippen molar-refractivity contribution in [2.45, 2.75) is 13.5 Å². The topological polar surface area (TPSA) is 126 Å². The Balaban J connectivity index is 1.70. The van der Waals surface area contributed by atoms with Gasteiger partial charge in [0.25, 0.3) is 0 Å². The van der Waals surface area contributed by atoms with Crippen molar-refractivity contribution in [1.82, 2.24) is 19.6 Å². The molecule has 0 aliphatic carbocycles. The number of H-pyrrole nitrogens is 1. The zero-order valence-corrected chi connectivity index (χ0v) is 16.6. The lowest BCUT2D eigenvalue weighted by Crippen LogP contribution is -2.38. The summed E-state index contributed by atoms with van der Waals surface area (Å²) in [6, 6.07) is 12.8. The van der Waals surface area contributed by atoms with Gasteiger partial charge in [0, 0.05) is 24.9 Å². The zero-order valence-electron chi connectivity index (χ0n) is 16.6. The Kier molecular flexibility index (Phi) is 4.93. The largest absolute Gasteiger partial charge is 0.497 e. The first-order chi connectivity index (χ1) is 14.5. The Bertz CT molecular complexity index is 1220. The maximum Gasteiger partial charge on any atom is 0.238 e. The molecule has 1 amide bonds. The summed E-state index contributed by atoms with van der Waals surface area (Å²) >= 11 is 0. The van der Waals surface area contributed by atoms with Crippen LogP contribution in [0.25, 0.3) is 22.7 Å². The fourth-order valence-corrected chi connectivity index (χ4v) is 3.19. The lowest BCUT2D eigenvalue weighted by Gasteiger charge is -2.23. The quantitative estimate of drug-likeness (QED) is 0.337. The van der Waals surface area contributed by atoms with Crippen molar-refractivity contribution in [3.8, 4) is 17.4 Å². The fraction of sp³-hybridized carbons (Fsp3) is 0.143. The maximum atomic E-state index is 12.4. The second-order valence-corrected chi connectivity index (χ2v) is 6.75. The van der Waals surface area contributed by atoms with E-state index in [4.69, 9.17) is 15.9 Å². The third-order valence-corrected chi connectivity index (χ3v) is 4.74. The number of hydrogen-bond acceptors (Lipinski definition) is 5. The smallest absolute Gasteiger partial charge is 0.238 e. The van der Waals surface area contributed by atoms with Gasteiger partial charge in [-0.2, -0.15) is 0 Å². The van der Waals surface area contributed by atoms with E-state index in [9.17, 15) is 4.79 Å². The molecule has 0 aliphatic heterocycles. The van der Waals surface area contributed by atoms with Crippen LogP contribution < -0.4 is 15.5 Å². The van der Waals surface area contributed by atoms with E-state index in [1.807, 2.05) is 24.3 Å². The molecule has 0 fully saturated rings. The highest BCUT2D eigenvalue weighted by Gasteiger charge is 2.19. The molecule has 2 aromatic heterocycles. The molecule has 4 aromatic rings. The third-order valence-electron chi connectivity index (χ3n) is 4.74. The predicted molar refractivity (Wildman–Crippen MR) is 114 cm³/mol. The second kappa shape index (κ2) is 7.70. The first-order valence-corrected chi connectivity index (χ1v) is 9.25. The number of carbonyl (C=O) groups is 1. The molecule has 0 radical (unpaired) electrons. The second-order valence-electron chi connectivity index (χ2n) is 6.75. The third kappa shape index (κ3) is 3.60. The number of aromatic nitrogens is 4. The SMILES string of the molecule is COc1ccc(CN(C(C)=O)n2ccnc2-c2nc3ccc(C(=N)N)cc3[nH]2)cc1. The van der Waals surface area contributed by atoms with Crippen molar-refractivity contribution in [3.63, 3.8) is 0 Å². The molecule has 0 saturated heterocycles. The molecule has 0 aliphatic rings. The molecule has 2 heterocycles. The number of hydrogen-bond donors (Lipinski definition) is 3. The lowest BCUT2D eigenvalue weighted by molar-refractivity contribution is -0.118. The minimum absolute atomic E-state index is 0.0169. The number of nitrogens with one attached hydrogen (secondary N) is 2. The Morgan fingerprint density at radius 2 is 2.03 bits per heavy atom. The Morgan fingerprint density at radius 1 is 1.27 bits per heavy atom. The summed E-state index contributed by atoms with van der Waals surface area (Å²) in [5.74, 6) is 1.61. The number of aromatic amines is 1. The van der Waals surface area contributed by atoms with Gasteiger partial charge < -0.3 is 15.5 Å². The summed E-state index contributed by atoms with van der Waals surface area (Å²) in [5, 5.41) is 9.18. The van der Waals surface area contributed by atoms with E-state index < -0.39 is 0 Å². The summed E-state index contributed by atoms with van der Waals surface area (Å²) in [6.07, 6.45) is 3.34. The molecule has 4 rings (SSSR count). The van der Waals surface area contributed by atoms with Gasteiger partial charge in [-0.25, -0.2) is 19.7 Å². The van der Waals surface area contributed by atoms with Gasteiger partial charge in [0.2, 0.25) is 5.91 Å². The van der Waals surface area contributed by atoms with Gasteiger partial charge in [-0.3, -0.25) is 10.2 Å². The van der Waals surface area contributed by atoms with Gasteiger partial charge in [-0.1, -0.05) is 12.1 Å². The summed E-state index contributed by atoms with van der Waals surface area (Å²) in [5.41, 5.74) is 8.57. The van der Waals surface area contributed by atoms with Crippen molar-refractivity contribution in [1.29, 1.82) is 5.41 Å². The van der Waals surface area contributed by atoms with E-state index in [0.29, 0.717) is 29.3 Å². The number of ether oxygens (including phenoxy) is 1. The Labute approximate surface area is 172 Å². The summed E-state index contributed by atoms with van der Waals surface area (Å²) < 4.78 is 6.87. The molecular weight excluding hydrogens is 382 g/mol. The van der Waals surface area contributed by atoms with Crippen LogP contribution in [0.4, 0.5) is 0 Å². The molecular formula is C21H21N7O2. The highest BCUT2D eigenvalue weighted by Crippen LogP contribution is 2.21. The average molecular weight is 403 g/mol. The first-order valence-electron chi connectivity index (χ1n) is 9.25. The lowest BCUT2D eigenvalue weighted by atomic mass is 10.2. The van der Waals surface area contributed by atoms with E-state index in [1.54, 1.807) is 47.4 Å². The van der Waals surface area contributed by atoms with Gasteiger partial charge in [-0.05, 0) is 35.9 Å². The number of rotatable bonds is 6. The molecule has 0 saturated carbocycles. The molecule has 0 bridgehead atoms. The van der Waals surface area contributed by atoms with Gasteiger partial charge in [0.05, 0.1) is 24.7 Å². The van der Waals surface area contributed by atoms with E-state index in [1.165, 1.54) is 6.92 Å². The van der Waals surface area contributed by atoms with Gasteiger partial charge in [0.1, 0.15) is 11.6 Å². The monoisotopic (exact) mass is 403 g/mol. The van der Waals surface area contributed by atoms with Crippen molar-refractivity contribution in [2.24, 2.45) is 5.73 Å². The number of benzene rings is 2. The van der Waals surface area contributed by atoms with Crippen LogP contribution in [0.5, 0.6) is 5.75 Å². The van der Waals surface area contributed by atoms with Crippen LogP contribution in [0.2, 0.25) is 0 Å². The average Bonchev–Trinajstić information content (AvgIpc) is 3.38. The summed E-state index contributed by atoms with van der Waals surface area (Å²) in [6.45, 7) is 1.86. The minimum Gasteiger partial charge on any atom is -0.497 e. The summed E-state index contributed by atoms with van der Waals surface area (Å²) in [7, 11) is 1.61. The Hall–Kier alpha value is -4.14. The highest BCUT2D eigenvalue weighted by atomic mass is 16.5. The van der Waals surface area contributed by atoms with Gasteiger partial charge >= 0.3 is 0 Å². The zero-order chi connectivity index (χ0) is 21.3. The fourth-order valence-electron chi connectivity index (χ4n) is 3.19. The van der Waals surface area contributed by atoms with Crippen molar-refractivity contribution < 1.29 is 9.53 Å². The van der Waals surface area contributed by atoms with Crippen molar-refractivity contribution >= 4 is 22.8 Å². The number of nitrogens with zero attached hydrogens (tertiary/aromatic N) is 4. The number of methoxy groups -OCH3 is 1. The van der Waals surface area contributed by atoms with E-state index in [-0.39, 0.29) is 11.7 Å². The molecule has 9 nitrogen and oxygen atoms in total. The molecule has 30 heavy (non-hydrogen) atoms. The number of imidazole rings is 2. The van der Waals surface area contributed by atoms with Crippen molar-refractivity contribution in [2.75, 3.05) is 12.1 Å². The van der Waals surface area contributed by atoms with Crippen molar-refractivity contribution in [3.05, 3.63) is 66.0 Å². The standard InChI is InChI=1S/C21H21N7O2/c1-13(29)28(12-14-3-6-16(30-2)7-4-14)27-10-9-24-21(27)20-25-17-8-5-15(19(22)23)11-18(17)26-20/h3-11H,12H2,1-2H3,(H3,22,23)(H,25,26). The molecule has 0 unspecified atom stereocenters. The van der Waals surface area contributed by atoms with Crippen LogP contribution in [0.3, 0.4) is 0 Å². The molecule has 152 valence electrons. The number of nitrogen functional groups attached to an aromatic ring is 1.